The molecule has 0 spiro atoms. The molecule has 97 valence electrons. The lowest BCUT2D eigenvalue weighted by Gasteiger charge is -2.32. The first-order valence-electron chi connectivity index (χ1n) is 6.61. The van der Waals surface area contributed by atoms with Gasteiger partial charge in [-0.1, -0.05) is 27.2 Å². The molecule has 0 saturated carbocycles. The summed E-state index contributed by atoms with van der Waals surface area (Å²) in [6.07, 6.45) is 2.37. The van der Waals surface area contributed by atoms with Crippen LogP contribution in [-0.2, 0) is 8.85 Å². The average Bonchev–Trinajstić information content (AvgIpc) is 2.29. The third kappa shape index (κ3) is 5.43. The molecule has 0 aromatic heterocycles. The largest absolute Gasteiger partial charge is 0.403 e. The SMILES string of the molecule is CCCC(N(CC)CC)[Si](OCC)OCC. The van der Waals surface area contributed by atoms with Crippen molar-refractivity contribution in [3.63, 3.8) is 0 Å². The van der Waals surface area contributed by atoms with E-state index in [1.54, 1.807) is 0 Å². The van der Waals surface area contributed by atoms with Crippen molar-refractivity contribution in [2.45, 2.75) is 53.1 Å². The monoisotopic (exact) mass is 246 g/mol. The molecule has 4 heteroatoms. The van der Waals surface area contributed by atoms with E-state index in [4.69, 9.17) is 8.85 Å². The Morgan fingerprint density at radius 1 is 0.938 bits per heavy atom. The molecule has 0 saturated heterocycles. The predicted octanol–water partition coefficient (Wildman–Crippen LogP) is 2.60. The highest BCUT2D eigenvalue weighted by atomic mass is 28.3. The minimum Gasteiger partial charge on any atom is -0.393 e. The molecule has 16 heavy (non-hydrogen) atoms. The van der Waals surface area contributed by atoms with Gasteiger partial charge in [-0.3, -0.25) is 4.90 Å². The maximum Gasteiger partial charge on any atom is 0.403 e. The van der Waals surface area contributed by atoms with Gasteiger partial charge in [0.2, 0.25) is 0 Å². The van der Waals surface area contributed by atoms with Gasteiger partial charge in [0.25, 0.3) is 0 Å². The Bertz CT molecular complexity index is 148. The van der Waals surface area contributed by atoms with Crippen LogP contribution in [0.5, 0.6) is 0 Å². The second-order valence-electron chi connectivity index (χ2n) is 3.71. The minimum atomic E-state index is -1.14. The van der Waals surface area contributed by atoms with Crippen molar-refractivity contribution in [3.05, 3.63) is 0 Å². The summed E-state index contributed by atoms with van der Waals surface area (Å²) in [5.74, 6) is 0. The highest BCUT2D eigenvalue weighted by Crippen LogP contribution is 2.12. The van der Waals surface area contributed by atoms with Gasteiger partial charge in [0.1, 0.15) is 0 Å². The van der Waals surface area contributed by atoms with Crippen LogP contribution in [0.3, 0.4) is 0 Å². The van der Waals surface area contributed by atoms with Gasteiger partial charge in [0.15, 0.2) is 0 Å². The van der Waals surface area contributed by atoms with Crippen molar-refractivity contribution in [1.29, 1.82) is 0 Å². The molecule has 0 fully saturated rings. The molecule has 0 heterocycles. The Labute approximate surface area is 103 Å². The van der Waals surface area contributed by atoms with Gasteiger partial charge in [-0.2, -0.15) is 0 Å². The van der Waals surface area contributed by atoms with Crippen LogP contribution in [0.1, 0.15) is 47.5 Å². The highest BCUT2D eigenvalue weighted by molar-refractivity contribution is 6.46. The lowest BCUT2D eigenvalue weighted by atomic mass is 10.3. The van der Waals surface area contributed by atoms with Crippen LogP contribution in [0.15, 0.2) is 0 Å². The zero-order valence-corrected chi connectivity index (χ0v) is 12.6. The van der Waals surface area contributed by atoms with Crippen LogP contribution in [0, 0.1) is 0 Å². The van der Waals surface area contributed by atoms with Crippen LogP contribution in [-0.4, -0.2) is 46.2 Å². The molecule has 1 atom stereocenters. The number of rotatable bonds is 10. The molecule has 0 amide bonds. The molecule has 0 rings (SSSR count). The Kier molecular flexibility index (Phi) is 10.3. The topological polar surface area (TPSA) is 21.7 Å². The van der Waals surface area contributed by atoms with Gasteiger partial charge in [-0.05, 0) is 33.4 Å². The number of nitrogens with zero attached hydrogens (tertiary/aromatic N) is 1. The van der Waals surface area contributed by atoms with Crippen molar-refractivity contribution < 1.29 is 8.85 Å². The maximum atomic E-state index is 5.82. The normalized spacial score (nSPS) is 13.7. The first-order valence-corrected chi connectivity index (χ1v) is 8.00. The fraction of sp³-hybridized carbons (Fsp3) is 1.00. The van der Waals surface area contributed by atoms with Gasteiger partial charge >= 0.3 is 9.28 Å². The summed E-state index contributed by atoms with van der Waals surface area (Å²) in [4.78, 5) is 2.48. The van der Waals surface area contributed by atoms with E-state index in [0.717, 1.165) is 26.3 Å². The summed E-state index contributed by atoms with van der Waals surface area (Å²) in [6, 6.07) is 0. The van der Waals surface area contributed by atoms with Gasteiger partial charge in [0.05, 0.1) is 5.67 Å². The van der Waals surface area contributed by atoms with Gasteiger partial charge in [-0.15, -0.1) is 0 Å². The van der Waals surface area contributed by atoms with E-state index in [1.165, 1.54) is 12.8 Å². The third-order valence-electron chi connectivity index (χ3n) is 2.66. The molecule has 1 radical (unpaired) electrons. The molecule has 0 bridgehead atoms. The van der Waals surface area contributed by atoms with Crippen LogP contribution in [0.25, 0.3) is 0 Å². The van der Waals surface area contributed by atoms with E-state index in [1.807, 2.05) is 0 Å². The van der Waals surface area contributed by atoms with Crippen molar-refractivity contribution in [1.82, 2.24) is 4.90 Å². The smallest absolute Gasteiger partial charge is 0.393 e. The zero-order chi connectivity index (χ0) is 12.4. The van der Waals surface area contributed by atoms with Crippen molar-refractivity contribution in [2.24, 2.45) is 0 Å². The minimum absolute atomic E-state index is 0.491. The second-order valence-corrected chi connectivity index (χ2v) is 5.59. The lowest BCUT2D eigenvalue weighted by molar-refractivity contribution is 0.153. The van der Waals surface area contributed by atoms with Crippen LogP contribution >= 0.6 is 0 Å². The molecule has 0 N–H and O–H groups in total. The summed E-state index contributed by atoms with van der Waals surface area (Å²) in [6.45, 7) is 14.4. The number of hydrogen-bond donors (Lipinski definition) is 0. The summed E-state index contributed by atoms with van der Waals surface area (Å²) in [5.41, 5.74) is 0.491. The Balaban J connectivity index is 4.52. The fourth-order valence-corrected chi connectivity index (χ4v) is 4.13. The first-order chi connectivity index (χ1) is 7.74. The Hall–Kier alpha value is 0.0969. The Morgan fingerprint density at radius 2 is 1.44 bits per heavy atom. The molecule has 1 unspecified atom stereocenters. The van der Waals surface area contributed by atoms with Gasteiger partial charge < -0.3 is 8.85 Å². The van der Waals surface area contributed by atoms with E-state index in [9.17, 15) is 0 Å². The first kappa shape index (κ1) is 16.1. The van der Waals surface area contributed by atoms with Crippen LogP contribution in [0.4, 0.5) is 0 Å². The highest BCUT2D eigenvalue weighted by Gasteiger charge is 2.31. The summed E-state index contributed by atoms with van der Waals surface area (Å²) < 4.78 is 11.6. The van der Waals surface area contributed by atoms with E-state index in [-0.39, 0.29) is 0 Å². The van der Waals surface area contributed by atoms with Crippen molar-refractivity contribution in [2.75, 3.05) is 26.3 Å². The van der Waals surface area contributed by atoms with Gasteiger partial charge in [-0.25, -0.2) is 0 Å². The maximum absolute atomic E-state index is 5.82. The third-order valence-corrected chi connectivity index (χ3v) is 5.00. The van der Waals surface area contributed by atoms with Crippen molar-refractivity contribution >= 4 is 9.28 Å². The second kappa shape index (κ2) is 10.3. The van der Waals surface area contributed by atoms with E-state index in [2.05, 4.69) is 39.5 Å². The average molecular weight is 246 g/mol. The standard InChI is InChI=1S/C12H28NO2Si/c1-6-11-12(13(7-2)8-3)16(14-9-4)15-10-5/h12H,6-11H2,1-5H3. The molecule has 0 aliphatic carbocycles. The van der Waals surface area contributed by atoms with E-state index >= 15 is 0 Å². The molecule has 0 aromatic carbocycles. The van der Waals surface area contributed by atoms with Crippen LogP contribution < -0.4 is 0 Å². The summed E-state index contributed by atoms with van der Waals surface area (Å²) in [5, 5.41) is 0. The van der Waals surface area contributed by atoms with Crippen molar-refractivity contribution in [3.8, 4) is 0 Å². The summed E-state index contributed by atoms with van der Waals surface area (Å²) >= 11 is 0. The Morgan fingerprint density at radius 3 is 1.75 bits per heavy atom. The van der Waals surface area contributed by atoms with Gasteiger partial charge in [0, 0.05) is 13.2 Å². The van der Waals surface area contributed by atoms with Crippen LogP contribution in [0.2, 0.25) is 0 Å². The molecule has 0 aliphatic heterocycles. The lowest BCUT2D eigenvalue weighted by Crippen LogP contribution is -2.49. The quantitative estimate of drug-likeness (QED) is 0.553. The zero-order valence-electron chi connectivity index (χ0n) is 11.6. The molecular weight excluding hydrogens is 218 g/mol. The fourth-order valence-electron chi connectivity index (χ4n) is 1.91. The molecule has 0 aromatic rings. The van der Waals surface area contributed by atoms with E-state index < -0.39 is 9.28 Å². The number of hydrogen-bond acceptors (Lipinski definition) is 3. The van der Waals surface area contributed by atoms with E-state index in [0.29, 0.717) is 5.67 Å². The molecule has 0 aliphatic rings. The molecular formula is C12H28NO2Si. The summed E-state index contributed by atoms with van der Waals surface area (Å²) in [7, 11) is -1.14. The predicted molar refractivity (Wildman–Crippen MR) is 70.6 cm³/mol. The molecule has 3 nitrogen and oxygen atoms in total.